The van der Waals surface area contributed by atoms with E-state index in [1.165, 1.54) is 119 Å². The third-order valence-corrected chi connectivity index (χ3v) is 26.2. The number of hydrogen-bond donors (Lipinski definition) is 0. The minimum Gasteiger partial charge on any atom is -0.494 e. The first-order chi connectivity index (χ1) is 62.3. The summed E-state index contributed by atoms with van der Waals surface area (Å²) >= 11 is 3.27. The van der Waals surface area contributed by atoms with Crippen LogP contribution in [-0.2, 0) is 80.4 Å². The molecule has 0 saturated heterocycles. The summed E-state index contributed by atoms with van der Waals surface area (Å²) in [5, 5.41) is 34.4. The van der Waals surface area contributed by atoms with Crippen LogP contribution in [0.2, 0.25) is 0 Å². The molecule has 0 unspecified atom stereocenters. The van der Waals surface area contributed by atoms with Gasteiger partial charge >= 0.3 is 29.8 Å². The number of carbonyl (C=O) groups excluding carboxylic acids is 5. The zero-order chi connectivity index (χ0) is 89.1. The van der Waals surface area contributed by atoms with Crippen LogP contribution in [0.3, 0.4) is 0 Å². The van der Waals surface area contributed by atoms with E-state index < -0.39 is 0 Å². The molecule has 0 atom stereocenters. The molecule has 25 heteroatoms. The molecule has 4 bridgehead atoms. The fourth-order valence-corrected chi connectivity index (χ4v) is 20.1. The maximum atomic E-state index is 11.9. The minimum absolute atomic E-state index is 0.0821. The van der Waals surface area contributed by atoms with Crippen molar-refractivity contribution in [3.8, 4) is 72.8 Å². The Bertz CT molecular complexity index is 6120. The second-order valence-corrected chi connectivity index (χ2v) is 36.5. The van der Waals surface area contributed by atoms with Crippen LogP contribution < -0.4 is 14.2 Å². The van der Waals surface area contributed by atoms with Crippen LogP contribution in [0.15, 0.2) is 228 Å². The maximum absolute atomic E-state index is 11.9. The number of benzene rings is 8. The van der Waals surface area contributed by atoms with E-state index in [9.17, 15) is 24.0 Å². The molecule has 128 heavy (non-hydrogen) atoms. The van der Waals surface area contributed by atoms with E-state index in [2.05, 4.69) is 53.6 Å². The fourth-order valence-electron chi connectivity index (χ4n) is 18.7. The standard InChI is InChI=1S/C28H32N2O3.C25H30N2O3.C22H26N2O3.2C14H12N2O2S/c1-32-26(31)18-30-25-8-3-2-7-24(25)27(29-30)22-5-4-6-23(14-22)33-10-9-28-15-19-11-20(16-28)13-21(12-19)17-28;1-29-24(28)18-27-23-15-6-5-14-22(23)25(26-27)20-12-7-13-21(17-20)30-16-8-11-19-9-3-2-4-10-19;1-22(2,3)12-13-27-17-9-7-8-16(14-17)21-18-10-5-6-11-19(18)24(23-21)15-20(25)26-4;1-18-13(17)9-16-11-6-3-2-5-10(11)14(15-16)12-7-4-8-19-12;1-18-13(17)8-16-12-5-3-2-4-11(12)14(15-16)10-6-7-19-9-10/h2-8,14,19-21H,9-13,15-18H2,1H3;5-7,12-15,17,19H,2-4,8-11,16,18H2,1H3;5-11,14H,12-13,15H2,1-4H3;2-8H,9H2,1H3;2-7,9H,8H2,1H3. The highest BCUT2D eigenvalue weighted by Crippen LogP contribution is 2.61. The SMILES string of the molecule is COC(=O)Cn1nc(-c2cccc(OCCC(C)(C)C)c2)c2ccccc21.COC(=O)Cn1nc(-c2cccc(OCCC34CC5CC(CC(C5)C3)C4)c2)c2ccccc21.COC(=O)Cn1nc(-c2cccc(OCCCC3CCCCC3)c2)c2ccccc21.COC(=O)Cn1nc(-c2cccs2)c2ccccc21.COC(=O)Cn1nc(-c2ccsc2)c2ccccc21. The largest absolute Gasteiger partial charge is 0.494 e. The number of carbonyl (C=O) groups is 5. The van der Waals surface area contributed by atoms with Gasteiger partial charge < -0.3 is 37.9 Å². The van der Waals surface area contributed by atoms with Crippen LogP contribution in [0.1, 0.15) is 117 Å². The second kappa shape index (κ2) is 42.2. The highest BCUT2D eigenvalue weighted by Gasteiger charge is 2.50. The summed E-state index contributed by atoms with van der Waals surface area (Å²) < 4.78 is 50.6. The number of nitrogens with zero attached hydrogens (tertiary/aromatic N) is 10. The predicted octanol–water partition coefficient (Wildman–Crippen LogP) is 22.0. The van der Waals surface area contributed by atoms with E-state index in [-0.39, 0.29) is 68.0 Å². The highest BCUT2D eigenvalue weighted by atomic mass is 32.1. The first-order valence-electron chi connectivity index (χ1n) is 44.2. The van der Waals surface area contributed by atoms with Gasteiger partial charge in [-0.15, -0.1) is 11.3 Å². The van der Waals surface area contributed by atoms with Gasteiger partial charge in [0, 0.05) is 54.6 Å². The molecular formula is C103H112N10O13S2. The summed E-state index contributed by atoms with van der Waals surface area (Å²) in [6.07, 6.45) is 20.2. The Morgan fingerprint density at radius 2 is 0.734 bits per heavy atom. The normalized spacial score (nSPS) is 16.2. The molecule has 5 fully saturated rings. The average molecular weight is 1760 g/mol. The monoisotopic (exact) mass is 1760 g/mol. The van der Waals surface area contributed by atoms with E-state index in [4.69, 9.17) is 48.1 Å². The molecule has 7 aromatic heterocycles. The Morgan fingerprint density at radius 1 is 0.383 bits per heavy atom. The van der Waals surface area contributed by atoms with Crippen LogP contribution in [0.5, 0.6) is 17.2 Å². The van der Waals surface area contributed by atoms with Crippen LogP contribution in [0.4, 0.5) is 0 Å². The van der Waals surface area contributed by atoms with Gasteiger partial charge in [0.1, 0.15) is 78.4 Å². The van der Waals surface area contributed by atoms with E-state index >= 15 is 0 Å². The third kappa shape index (κ3) is 22.4. The molecule has 5 aliphatic rings. The number of methoxy groups -OCH3 is 5. The van der Waals surface area contributed by atoms with Crippen molar-refractivity contribution < 1.29 is 61.9 Å². The molecule has 23 nitrogen and oxygen atoms in total. The first-order valence-corrected chi connectivity index (χ1v) is 46.0. The molecule has 7 heterocycles. The topological polar surface area (TPSA) is 248 Å². The molecular weight excluding hydrogens is 1650 g/mol. The van der Waals surface area contributed by atoms with E-state index in [1.807, 2.05) is 211 Å². The van der Waals surface area contributed by atoms with E-state index in [0.29, 0.717) is 12.0 Å². The van der Waals surface area contributed by atoms with Gasteiger partial charge in [0.2, 0.25) is 0 Å². The van der Waals surface area contributed by atoms with Crippen molar-refractivity contribution >= 4 is 107 Å². The lowest BCUT2D eigenvalue weighted by Gasteiger charge is -2.57. The first kappa shape index (κ1) is 90.1. The number of thiophene rings is 2. The highest BCUT2D eigenvalue weighted by molar-refractivity contribution is 7.13. The van der Waals surface area contributed by atoms with Crippen LogP contribution >= 0.6 is 22.7 Å². The number of para-hydroxylation sites is 5. The lowest BCUT2D eigenvalue weighted by Crippen LogP contribution is -2.46. The third-order valence-electron chi connectivity index (χ3n) is 24.6. The number of rotatable bonds is 27. The maximum Gasteiger partial charge on any atom is 0.327 e. The molecule has 0 N–H and O–H groups in total. The Morgan fingerprint density at radius 3 is 1.09 bits per heavy atom. The second-order valence-electron chi connectivity index (χ2n) is 34.7. The Kier molecular flexibility index (Phi) is 29.7. The van der Waals surface area contributed by atoms with Gasteiger partial charge in [0.05, 0.1) is 87.8 Å². The number of ether oxygens (including phenoxy) is 8. The molecule has 664 valence electrons. The van der Waals surface area contributed by atoms with Crippen LogP contribution in [0, 0.1) is 34.5 Å². The van der Waals surface area contributed by atoms with Gasteiger partial charge in [-0.1, -0.05) is 186 Å². The Labute approximate surface area is 754 Å². The van der Waals surface area contributed by atoms with Crippen LogP contribution in [-0.4, -0.2) is 134 Å². The van der Waals surface area contributed by atoms with Crippen molar-refractivity contribution in [2.45, 2.75) is 150 Å². The van der Waals surface area contributed by atoms with Gasteiger partial charge in [-0.25, -0.2) is 0 Å². The Hall–Kier alpha value is -12.7. The van der Waals surface area contributed by atoms with Gasteiger partial charge in [0.15, 0.2) is 0 Å². The van der Waals surface area contributed by atoms with Crippen molar-refractivity contribution in [1.82, 2.24) is 48.9 Å². The lowest BCUT2D eigenvalue weighted by atomic mass is 9.49. The van der Waals surface area contributed by atoms with Gasteiger partial charge in [0.25, 0.3) is 0 Å². The number of hydrogen-bond acceptors (Lipinski definition) is 20. The van der Waals surface area contributed by atoms with Crippen molar-refractivity contribution in [3.63, 3.8) is 0 Å². The zero-order valence-corrected chi connectivity index (χ0v) is 75.7. The number of fused-ring (bicyclic) bond motifs is 5. The van der Waals surface area contributed by atoms with Crippen LogP contribution in [0.25, 0.3) is 110 Å². The molecule has 0 aliphatic heterocycles. The zero-order valence-electron chi connectivity index (χ0n) is 74.1. The predicted molar refractivity (Wildman–Crippen MR) is 503 cm³/mol. The van der Waals surface area contributed by atoms with Crippen molar-refractivity contribution in [3.05, 3.63) is 228 Å². The van der Waals surface area contributed by atoms with Crippen molar-refractivity contribution in [2.24, 2.45) is 34.5 Å². The lowest BCUT2D eigenvalue weighted by molar-refractivity contribution is -0.142. The summed E-state index contributed by atoms with van der Waals surface area (Å²) in [5.74, 6) is 4.86. The summed E-state index contributed by atoms with van der Waals surface area (Å²) in [4.78, 5) is 59.3. The molecule has 15 aromatic rings. The molecule has 0 amide bonds. The quantitative estimate of drug-likeness (QED) is 0.0264. The smallest absolute Gasteiger partial charge is 0.327 e. The molecule has 0 spiro atoms. The average Bonchev–Trinajstić information content (AvgIpc) is 1.38. The Balaban J connectivity index is 0.000000125. The molecule has 5 aliphatic carbocycles. The van der Waals surface area contributed by atoms with E-state index in [0.717, 1.165) is 177 Å². The minimum atomic E-state index is -0.325. The van der Waals surface area contributed by atoms with Gasteiger partial charge in [-0.05, 0) is 188 Å². The van der Waals surface area contributed by atoms with Gasteiger partial charge in [-0.3, -0.25) is 47.4 Å². The molecule has 0 radical (unpaired) electrons. The molecule has 5 saturated carbocycles. The fraction of sp³-hybridized carbons (Fsp3) is 0.359. The summed E-state index contributed by atoms with van der Waals surface area (Å²) in [6, 6.07) is 69.9. The van der Waals surface area contributed by atoms with Gasteiger partial charge in [-0.2, -0.15) is 36.8 Å². The van der Waals surface area contributed by atoms with E-state index in [1.54, 1.807) is 46.1 Å². The van der Waals surface area contributed by atoms with Crippen molar-refractivity contribution in [2.75, 3.05) is 55.4 Å². The number of aromatic nitrogens is 10. The molecule has 8 aromatic carbocycles. The summed E-state index contributed by atoms with van der Waals surface area (Å²) in [5.41, 5.74) is 13.8. The number of esters is 5. The summed E-state index contributed by atoms with van der Waals surface area (Å²) in [7, 11) is 6.94. The molecule has 20 rings (SSSR count). The summed E-state index contributed by atoms with van der Waals surface area (Å²) in [6.45, 7) is 9.33. The van der Waals surface area contributed by atoms with Crippen molar-refractivity contribution in [1.29, 1.82) is 0 Å².